The number of fused-ring (bicyclic) bond motifs is 1. The molecule has 12 heteroatoms. The number of nitrogens with one attached hydrogen (secondary N) is 3. The van der Waals surface area contributed by atoms with Gasteiger partial charge in [0.2, 0.25) is 11.7 Å². The highest BCUT2D eigenvalue weighted by atomic mass is 32.2. The van der Waals surface area contributed by atoms with Crippen molar-refractivity contribution >= 4 is 39.2 Å². The van der Waals surface area contributed by atoms with Crippen molar-refractivity contribution in [2.45, 2.75) is 135 Å². The first-order chi connectivity index (χ1) is 22.4. The Morgan fingerprint density at radius 3 is 2.27 bits per heavy atom. The number of ketones is 2. The molecule has 11 nitrogen and oxygen atoms in total. The van der Waals surface area contributed by atoms with E-state index in [9.17, 15) is 32.4 Å². The molecule has 0 aromatic heterocycles. The smallest absolute Gasteiger partial charge is 0.315 e. The SMILES string of the molecule is C=CCNC(=O)C(=O)[C@H](CCCC)CC(=O)[C@@H]1[C@@H]2[C@H](CN1C(=O)[C@@H](NC(=O)NC1([C@H]3CCCS3(=O)=O)CCCCC1)C(C)(C)C)C2(C)C. The normalized spacial score (nSPS) is 28.0. The van der Waals surface area contributed by atoms with Crippen LogP contribution in [-0.2, 0) is 29.0 Å². The Kier molecular flexibility index (Phi) is 11.6. The third-order valence-corrected chi connectivity index (χ3v) is 14.0. The van der Waals surface area contributed by atoms with E-state index in [0.717, 1.165) is 25.7 Å². The molecular formula is C36H58N4O7S. The van der Waals surface area contributed by atoms with Gasteiger partial charge in [-0.3, -0.25) is 19.2 Å². The van der Waals surface area contributed by atoms with Crippen molar-refractivity contribution in [2.24, 2.45) is 28.6 Å². The van der Waals surface area contributed by atoms with Crippen LogP contribution in [0, 0.1) is 28.6 Å². The molecule has 4 rings (SSSR count). The summed E-state index contributed by atoms with van der Waals surface area (Å²) in [5.74, 6) is -2.63. The summed E-state index contributed by atoms with van der Waals surface area (Å²) < 4.78 is 26.1. The molecule has 2 heterocycles. The molecule has 2 aliphatic carbocycles. The predicted molar refractivity (Wildman–Crippen MR) is 185 cm³/mol. The summed E-state index contributed by atoms with van der Waals surface area (Å²) >= 11 is 0. The van der Waals surface area contributed by atoms with Gasteiger partial charge in [-0.2, -0.15) is 0 Å². The molecule has 0 aromatic rings. The maximum absolute atomic E-state index is 14.5. The number of piperidine rings is 1. The van der Waals surface area contributed by atoms with Gasteiger partial charge in [-0.05, 0) is 54.8 Å². The fraction of sp³-hybridized carbons (Fsp3) is 0.806. The predicted octanol–water partition coefficient (Wildman–Crippen LogP) is 4.10. The summed E-state index contributed by atoms with van der Waals surface area (Å²) in [6, 6.07) is -2.33. The van der Waals surface area contributed by atoms with Crippen molar-refractivity contribution in [3.8, 4) is 0 Å². The van der Waals surface area contributed by atoms with Gasteiger partial charge in [-0.15, -0.1) is 6.58 Å². The molecule has 3 N–H and O–H groups in total. The lowest BCUT2D eigenvalue weighted by Crippen LogP contribution is -2.65. The molecular weight excluding hydrogens is 632 g/mol. The largest absolute Gasteiger partial charge is 0.346 e. The minimum Gasteiger partial charge on any atom is -0.346 e. The van der Waals surface area contributed by atoms with Gasteiger partial charge in [0.25, 0.3) is 5.91 Å². The number of hydrogen-bond donors (Lipinski definition) is 3. The Balaban J connectivity index is 1.55. The lowest BCUT2D eigenvalue weighted by Gasteiger charge is -2.43. The van der Waals surface area contributed by atoms with Crippen molar-refractivity contribution in [3.05, 3.63) is 12.7 Å². The number of sulfone groups is 1. The third-order valence-electron chi connectivity index (χ3n) is 11.6. The first kappa shape index (κ1) is 38.0. The summed E-state index contributed by atoms with van der Waals surface area (Å²) in [5, 5.41) is 7.89. The standard InChI is InChI=1S/C36H58N4O7S/c1-8-10-15-23(29(42)31(43)37-19-9-2)21-25(41)28-27-24(35(27,6)7)22-40(28)32(44)30(34(3,4)5)38-33(45)39-36(17-12-11-13-18-36)26-16-14-20-48(26,46)47/h9,23-24,26-28,30H,2,8,10-22H2,1,3-7H3,(H,37,43)(H2,38,39,45)/t23-,24+,26-,27+,28-,30-/m1/s1. The molecule has 0 aromatic carbocycles. The highest BCUT2D eigenvalue weighted by Crippen LogP contribution is 2.65. The highest BCUT2D eigenvalue weighted by molar-refractivity contribution is 7.92. The van der Waals surface area contributed by atoms with Gasteiger partial charge >= 0.3 is 6.03 Å². The van der Waals surface area contributed by atoms with E-state index in [1.54, 1.807) is 4.90 Å². The molecule has 0 radical (unpaired) electrons. The zero-order valence-electron chi connectivity index (χ0n) is 29.9. The molecule has 48 heavy (non-hydrogen) atoms. The number of Topliss-reactive ketones (excluding diaryl/α,β-unsaturated/α-hetero) is 2. The Labute approximate surface area is 287 Å². The molecule has 4 aliphatic rings. The van der Waals surface area contributed by atoms with Crippen LogP contribution in [0.25, 0.3) is 0 Å². The Morgan fingerprint density at radius 1 is 1.04 bits per heavy atom. The number of carbonyl (C=O) groups is 5. The van der Waals surface area contributed by atoms with Gasteiger partial charge in [-0.25, -0.2) is 13.2 Å². The van der Waals surface area contributed by atoms with E-state index < -0.39 is 61.8 Å². The maximum Gasteiger partial charge on any atom is 0.315 e. The number of carbonyl (C=O) groups excluding carboxylic acids is 5. The van der Waals surface area contributed by atoms with Gasteiger partial charge < -0.3 is 20.9 Å². The van der Waals surface area contributed by atoms with Crippen LogP contribution < -0.4 is 16.0 Å². The Hall–Kier alpha value is -2.76. The molecule has 0 unspecified atom stereocenters. The Morgan fingerprint density at radius 2 is 1.71 bits per heavy atom. The van der Waals surface area contributed by atoms with Crippen molar-refractivity contribution in [2.75, 3.05) is 18.8 Å². The highest BCUT2D eigenvalue weighted by Gasteiger charge is 2.69. The molecule has 6 atom stereocenters. The van der Waals surface area contributed by atoms with Crippen LogP contribution in [0.2, 0.25) is 0 Å². The quantitative estimate of drug-likeness (QED) is 0.183. The van der Waals surface area contributed by atoms with Crippen LogP contribution in [0.3, 0.4) is 0 Å². The minimum absolute atomic E-state index is 0.0852. The number of likely N-dealkylation sites (tertiary alicyclic amines) is 1. The molecule has 270 valence electrons. The number of urea groups is 1. The van der Waals surface area contributed by atoms with Crippen LogP contribution >= 0.6 is 0 Å². The minimum atomic E-state index is -3.35. The van der Waals surface area contributed by atoms with Crippen LogP contribution in [-0.4, -0.2) is 84.4 Å². The first-order valence-electron chi connectivity index (χ1n) is 18.0. The number of amides is 4. The van der Waals surface area contributed by atoms with Crippen LogP contribution in [0.15, 0.2) is 12.7 Å². The summed E-state index contributed by atoms with van der Waals surface area (Å²) in [6.07, 6.45) is 8.08. The number of rotatable bonds is 14. The lowest BCUT2D eigenvalue weighted by molar-refractivity contribution is -0.145. The second-order valence-corrected chi connectivity index (χ2v) is 18.7. The number of unbranched alkanes of at least 4 members (excludes halogenated alkanes) is 1. The van der Waals surface area contributed by atoms with Crippen LogP contribution in [0.5, 0.6) is 0 Å². The van der Waals surface area contributed by atoms with E-state index in [4.69, 9.17) is 0 Å². The zero-order chi connectivity index (χ0) is 35.7. The average molecular weight is 691 g/mol. The van der Waals surface area contributed by atoms with Crippen molar-refractivity contribution in [1.29, 1.82) is 0 Å². The second kappa shape index (κ2) is 14.6. The second-order valence-electron chi connectivity index (χ2n) is 16.4. The van der Waals surface area contributed by atoms with Gasteiger partial charge in [0.15, 0.2) is 15.6 Å². The van der Waals surface area contributed by atoms with E-state index in [1.807, 2.05) is 27.7 Å². The number of nitrogens with zero attached hydrogens (tertiary/aromatic N) is 1. The van der Waals surface area contributed by atoms with Gasteiger partial charge in [0, 0.05) is 25.4 Å². The third kappa shape index (κ3) is 7.83. The molecule has 2 aliphatic heterocycles. The van der Waals surface area contributed by atoms with Gasteiger partial charge in [-0.1, -0.05) is 79.7 Å². The molecule has 4 amide bonds. The first-order valence-corrected chi connectivity index (χ1v) is 19.7. The molecule has 2 saturated heterocycles. The monoisotopic (exact) mass is 690 g/mol. The van der Waals surface area contributed by atoms with Crippen LogP contribution in [0.4, 0.5) is 4.79 Å². The molecule has 2 saturated carbocycles. The summed E-state index contributed by atoms with van der Waals surface area (Å²) in [4.78, 5) is 69.7. The van der Waals surface area contributed by atoms with E-state index in [1.165, 1.54) is 6.08 Å². The molecule has 0 bridgehead atoms. The van der Waals surface area contributed by atoms with Crippen LogP contribution in [0.1, 0.15) is 112 Å². The van der Waals surface area contributed by atoms with Gasteiger partial charge in [0.1, 0.15) is 6.04 Å². The van der Waals surface area contributed by atoms with Gasteiger partial charge in [0.05, 0.1) is 22.6 Å². The Bertz CT molecular complexity index is 1380. The fourth-order valence-corrected chi connectivity index (χ4v) is 11.2. The van der Waals surface area contributed by atoms with E-state index >= 15 is 0 Å². The van der Waals surface area contributed by atoms with Crippen molar-refractivity contribution < 1.29 is 32.4 Å². The summed E-state index contributed by atoms with van der Waals surface area (Å²) in [5.41, 5.74) is -1.77. The molecule has 0 spiro atoms. The van der Waals surface area contributed by atoms with Crippen molar-refractivity contribution in [1.82, 2.24) is 20.9 Å². The maximum atomic E-state index is 14.5. The number of hydrogen-bond acceptors (Lipinski definition) is 7. The molecule has 4 fully saturated rings. The fourth-order valence-electron chi connectivity index (χ4n) is 8.79. The lowest BCUT2D eigenvalue weighted by atomic mass is 9.78. The van der Waals surface area contributed by atoms with E-state index in [-0.39, 0.29) is 47.7 Å². The average Bonchev–Trinajstić information content (AvgIpc) is 3.33. The summed E-state index contributed by atoms with van der Waals surface area (Å²) in [7, 11) is -3.35. The topological polar surface area (TPSA) is 159 Å². The van der Waals surface area contributed by atoms with E-state index in [2.05, 4.69) is 36.4 Å². The summed E-state index contributed by atoms with van der Waals surface area (Å²) in [6.45, 7) is 15.8. The van der Waals surface area contributed by atoms with E-state index in [0.29, 0.717) is 45.1 Å². The zero-order valence-corrected chi connectivity index (χ0v) is 30.7. The van der Waals surface area contributed by atoms with Crippen molar-refractivity contribution in [3.63, 3.8) is 0 Å².